The summed E-state index contributed by atoms with van der Waals surface area (Å²) in [5.41, 5.74) is 2.67. The summed E-state index contributed by atoms with van der Waals surface area (Å²) >= 11 is 0. The Morgan fingerprint density at radius 3 is 2.58 bits per heavy atom. The van der Waals surface area contributed by atoms with Gasteiger partial charge in [-0.15, -0.1) is 0 Å². The van der Waals surface area contributed by atoms with Crippen LogP contribution < -0.4 is 20.9 Å². The van der Waals surface area contributed by atoms with Gasteiger partial charge in [0.25, 0.3) is 5.91 Å². The van der Waals surface area contributed by atoms with Crippen molar-refractivity contribution in [1.82, 2.24) is 20.9 Å². The molecule has 4 N–H and O–H groups in total. The molecule has 0 spiro atoms. The lowest BCUT2D eigenvalue weighted by atomic mass is 9.81. The molecule has 2 atom stereocenters. The predicted octanol–water partition coefficient (Wildman–Crippen LogP) is 3.11. The minimum atomic E-state index is -0.955. The van der Waals surface area contributed by atoms with Gasteiger partial charge in [-0.1, -0.05) is 18.2 Å². The summed E-state index contributed by atoms with van der Waals surface area (Å²) < 4.78 is 13.6. The number of amides is 3. The van der Waals surface area contributed by atoms with Crippen molar-refractivity contribution < 1.29 is 23.6 Å². The van der Waals surface area contributed by atoms with E-state index in [1.54, 1.807) is 12.1 Å². The molecular formula is C30H32FN5O4. The number of fused-ring (bicyclic) bond motifs is 2. The van der Waals surface area contributed by atoms with Gasteiger partial charge < -0.3 is 20.9 Å². The highest BCUT2D eigenvalue weighted by molar-refractivity contribution is 6.11. The van der Waals surface area contributed by atoms with E-state index in [1.807, 2.05) is 39.8 Å². The van der Waals surface area contributed by atoms with Crippen LogP contribution in [0.5, 0.6) is 0 Å². The second-order valence-corrected chi connectivity index (χ2v) is 11.3. The van der Waals surface area contributed by atoms with Gasteiger partial charge in [-0.3, -0.25) is 24.1 Å². The van der Waals surface area contributed by atoms with E-state index in [9.17, 15) is 23.6 Å². The van der Waals surface area contributed by atoms with Gasteiger partial charge in [0.05, 0.1) is 18.2 Å². The second kappa shape index (κ2) is 10.3. The first kappa shape index (κ1) is 27.1. The maximum atomic E-state index is 14.0. The van der Waals surface area contributed by atoms with Crippen molar-refractivity contribution in [2.75, 3.05) is 18.0 Å². The third kappa shape index (κ3) is 5.21. The minimum Gasteiger partial charge on any atom is -0.377 e. The Morgan fingerprint density at radius 2 is 1.85 bits per heavy atom. The summed E-state index contributed by atoms with van der Waals surface area (Å²) in [7, 11) is 0. The quantitative estimate of drug-likeness (QED) is 0.379. The lowest BCUT2D eigenvalue weighted by molar-refractivity contribution is -0.126. The molecule has 0 unspecified atom stereocenters. The van der Waals surface area contributed by atoms with Gasteiger partial charge in [-0.2, -0.15) is 0 Å². The number of ketones is 1. The van der Waals surface area contributed by atoms with Crippen molar-refractivity contribution >= 4 is 40.1 Å². The number of nitrogens with one attached hydrogen (secondary N) is 4. The molecule has 1 fully saturated rings. The number of aromatic amines is 1. The number of halogens is 1. The third-order valence-corrected chi connectivity index (χ3v) is 7.20. The third-order valence-electron chi connectivity index (χ3n) is 7.20. The average Bonchev–Trinajstić information content (AvgIpc) is 3.48. The highest BCUT2D eigenvalue weighted by Gasteiger charge is 2.46. The van der Waals surface area contributed by atoms with Crippen LogP contribution >= 0.6 is 0 Å². The molecule has 0 saturated carbocycles. The van der Waals surface area contributed by atoms with Crippen LogP contribution in [0.15, 0.2) is 59.8 Å². The Bertz CT molecular complexity index is 1570. The maximum absolute atomic E-state index is 14.0. The highest BCUT2D eigenvalue weighted by atomic mass is 19.1. The van der Waals surface area contributed by atoms with Crippen molar-refractivity contribution in [3.8, 4) is 0 Å². The van der Waals surface area contributed by atoms with Crippen LogP contribution in [0.3, 0.4) is 0 Å². The SMILES string of the molecule is Cc1ccccc1N(C(=O)CNC(=O)c1cc2cc(F)ccc2[nH]1)[C@H]1C[C@H]2C(=O)NCC2=C(NC(C)(C)C)C1=O. The number of H-pyrrole nitrogens is 1. The Kier molecular flexibility index (Phi) is 6.95. The zero-order chi connectivity index (χ0) is 28.8. The number of para-hydroxylation sites is 1. The number of nitrogens with zero attached hydrogens (tertiary/aromatic N) is 1. The van der Waals surface area contributed by atoms with Crippen LogP contribution in [0.1, 0.15) is 43.2 Å². The van der Waals surface area contributed by atoms with Gasteiger partial charge in [0.15, 0.2) is 0 Å². The zero-order valence-corrected chi connectivity index (χ0v) is 22.9. The van der Waals surface area contributed by atoms with Gasteiger partial charge in [0, 0.05) is 28.7 Å². The predicted molar refractivity (Wildman–Crippen MR) is 149 cm³/mol. The molecule has 1 aliphatic heterocycles. The van der Waals surface area contributed by atoms with Gasteiger partial charge >= 0.3 is 0 Å². The van der Waals surface area contributed by atoms with Crippen molar-refractivity contribution in [3.63, 3.8) is 0 Å². The smallest absolute Gasteiger partial charge is 0.268 e. The number of hydrogen-bond donors (Lipinski definition) is 4. The molecule has 208 valence electrons. The van der Waals surface area contributed by atoms with Crippen LogP contribution in [0, 0.1) is 18.7 Å². The summed E-state index contributed by atoms with van der Waals surface area (Å²) in [5.74, 6) is -2.47. The van der Waals surface area contributed by atoms with E-state index in [2.05, 4.69) is 20.9 Å². The summed E-state index contributed by atoms with van der Waals surface area (Å²) in [6.45, 7) is 7.50. The fourth-order valence-electron chi connectivity index (χ4n) is 5.37. The summed E-state index contributed by atoms with van der Waals surface area (Å²) in [5, 5.41) is 9.27. The zero-order valence-electron chi connectivity index (χ0n) is 22.9. The van der Waals surface area contributed by atoms with Crippen LogP contribution in [-0.2, 0) is 14.4 Å². The van der Waals surface area contributed by atoms with E-state index in [4.69, 9.17) is 0 Å². The molecule has 0 radical (unpaired) electrons. The molecule has 10 heteroatoms. The highest BCUT2D eigenvalue weighted by Crippen LogP contribution is 2.36. The van der Waals surface area contributed by atoms with Crippen LogP contribution in [0.25, 0.3) is 10.9 Å². The van der Waals surface area contributed by atoms with E-state index < -0.39 is 41.7 Å². The van der Waals surface area contributed by atoms with Crippen molar-refractivity contribution in [2.45, 2.75) is 45.7 Å². The second-order valence-electron chi connectivity index (χ2n) is 11.3. The molecule has 2 aliphatic rings. The largest absolute Gasteiger partial charge is 0.377 e. The maximum Gasteiger partial charge on any atom is 0.268 e. The van der Waals surface area contributed by atoms with Crippen LogP contribution in [0.4, 0.5) is 10.1 Å². The number of aromatic nitrogens is 1. The van der Waals surface area contributed by atoms with Crippen LogP contribution in [0.2, 0.25) is 0 Å². The van der Waals surface area contributed by atoms with E-state index >= 15 is 0 Å². The molecule has 0 bridgehead atoms. The molecule has 1 saturated heterocycles. The first-order chi connectivity index (χ1) is 18.9. The molecule has 3 amide bonds. The Labute approximate surface area is 231 Å². The van der Waals surface area contributed by atoms with E-state index in [0.717, 1.165) is 5.56 Å². The number of benzene rings is 2. The number of carbonyl (C=O) groups is 4. The lowest BCUT2D eigenvalue weighted by Crippen LogP contribution is -2.55. The molecule has 3 aromatic rings. The molecular weight excluding hydrogens is 513 g/mol. The number of aryl methyl sites for hydroxylation is 1. The Hall–Kier alpha value is -4.47. The van der Waals surface area contributed by atoms with Crippen molar-refractivity contribution in [2.24, 2.45) is 5.92 Å². The minimum absolute atomic E-state index is 0.136. The number of carbonyl (C=O) groups excluding carboxylic acids is 4. The Morgan fingerprint density at radius 1 is 1.10 bits per heavy atom. The van der Waals surface area contributed by atoms with Gasteiger partial charge in [0.2, 0.25) is 17.6 Å². The van der Waals surface area contributed by atoms with E-state index in [0.29, 0.717) is 27.9 Å². The molecule has 5 rings (SSSR count). The monoisotopic (exact) mass is 545 g/mol. The van der Waals surface area contributed by atoms with Crippen molar-refractivity contribution in [1.29, 1.82) is 0 Å². The van der Waals surface area contributed by atoms with E-state index in [1.165, 1.54) is 29.2 Å². The molecule has 1 aromatic heterocycles. The first-order valence-electron chi connectivity index (χ1n) is 13.2. The average molecular weight is 546 g/mol. The summed E-state index contributed by atoms with van der Waals surface area (Å²) in [4.78, 5) is 57.8. The number of rotatable bonds is 6. The molecule has 40 heavy (non-hydrogen) atoms. The normalized spacial score (nSPS) is 18.9. The summed E-state index contributed by atoms with van der Waals surface area (Å²) in [6.07, 6.45) is 0.136. The Balaban J connectivity index is 1.45. The fraction of sp³-hybridized carbons (Fsp3) is 0.333. The van der Waals surface area contributed by atoms with Gasteiger partial charge in [-0.25, -0.2) is 4.39 Å². The van der Waals surface area contributed by atoms with Crippen molar-refractivity contribution in [3.05, 3.63) is 76.9 Å². The topological polar surface area (TPSA) is 123 Å². The molecule has 1 aliphatic carbocycles. The van der Waals surface area contributed by atoms with E-state index in [-0.39, 0.29) is 30.3 Å². The molecule has 9 nitrogen and oxygen atoms in total. The molecule has 2 heterocycles. The first-order valence-corrected chi connectivity index (χ1v) is 13.2. The van der Waals surface area contributed by atoms with Crippen LogP contribution in [-0.4, -0.2) is 53.2 Å². The lowest BCUT2D eigenvalue weighted by Gasteiger charge is -2.38. The van der Waals surface area contributed by atoms with Gasteiger partial charge in [0.1, 0.15) is 17.6 Å². The molecule has 2 aromatic carbocycles. The summed E-state index contributed by atoms with van der Waals surface area (Å²) in [6, 6.07) is 11.9. The van der Waals surface area contributed by atoms with Gasteiger partial charge in [-0.05, 0) is 75.6 Å². The number of Topliss-reactive ketones (excluding diaryl/α,β-unsaturated/α-hetero) is 1. The standard InChI is InChI=1S/C30H32FN5O4/c1-16-7-5-6-8-23(16)36(24-13-19-20(14-32-28(19)39)26(27(24)38)35-30(2,3)4)25(37)15-33-29(40)22-12-17-11-18(31)9-10-21(17)34-22/h5-12,19,24,34-35H,13-15H2,1-4H3,(H,32,39)(H,33,40)/t19-,24+/m1/s1. The fourth-order valence-corrected chi connectivity index (χ4v) is 5.37. The number of anilines is 1. The number of hydrogen-bond acceptors (Lipinski definition) is 5.